The maximum absolute atomic E-state index is 13.4. The average Bonchev–Trinajstić information content (AvgIpc) is 2.97. The fraction of sp³-hybridized carbons (Fsp3) is 0.364. The van der Waals surface area contributed by atoms with Gasteiger partial charge in [-0.1, -0.05) is 0 Å². The second kappa shape index (κ2) is 2.82. The summed E-state index contributed by atoms with van der Waals surface area (Å²) in [5, 5.41) is 2.86. The van der Waals surface area contributed by atoms with Crippen molar-refractivity contribution in [1.82, 2.24) is 5.32 Å². The second-order valence-electron chi connectivity index (χ2n) is 4.27. The van der Waals surface area contributed by atoms with Crippen molar-refractivity contribution in [2.75, 3.05) is 6.54 Å². The molecule has 1 N–H and O–H groups in total. The van der Waals surface area contributed by atoms with Gasteiger partial charge in [-0.3, -0.25) is 4.79 Å². The molecule has 0 unspecified atom stereocenters. The van der Waals surface area contributed by atoms with Crippen LogP contribution >= 0.6 is 15.9 Å². The average molecular weight is 270 g/mol. The van der Waals surface area contributed by atoms with Gasteiger partial charge in [-0.25, -0.2) is 4.39 Å². The van der Waals surface area contributed by atoms with Gasteiger partial charge in [0.2, 0.25) is 0 Å². The molecule has 1 fully saturated rings. The van der Waals surface area contributed by atoms with Crippen molar-refractivity contribution >= 4 is 21.8 Å². The quantitative estimate of drug-likeness (QED) is 0.770. The van der Waals surface area contributed by atoms with Gasteiger partial charge in [0.25, 0.3) is 5.91 Å². The van der Waals surface area contributed by atoms with Crippen molar-refractivity contribution in [3.05, 3.63) is 33.5 Å². The van der Waals surface area contributed by atoms with E-state index in [0.717, 1.165) is 18.4 Å². The Morgan fingerprint density at radius 1 is 1.40 bits per heavy atom. The van der Waals surface area contributed by atoms with Crippen LogP contribution in [0.4, 0.5) is 4.39 Å². The molecule has 0 radical (unpaired) electrons. The van der Waals surface area contributed by atoms with E-state index >= 15 is 0 Å². The molecule has 1 aromatic carbocycles. The van der Waals surface area contributed by atoms with Crippen LogP contribution in [0.5, 0.6) is 0 Å². The number of hydrogen-bond donors (Lipinski definition) is 1. The number of halogens is 2. The maximum Gasteiger partial charge on any atom is 0.251 e. The first-order valence-corrected chi connectivity index (χ1v) is 5.69. The van der Waals surface area contributed by atoms with Gasteiger partial charge in [0.05, 0.1) is 4.47 Å². The standard InChI is InChI=1S/C11H9BrFNO/c12-8-3-6-7(4-9(8)13)11(1-2-11)5-14-10(6)15/h3-4H,1-2,5H2,(H,14,15). The van der Waals surface area contributed by atoms with Crippen LogP contribution in [-0.2, 0) is 5.41 Å². The molecule has 3 rings (SSSR count). The van der Waals surface area contributed by atoms with Crippen LogP contribution in [0.15, 0.2) is 16.6 Å². The molecule has 2 aliphatic rings. The SMILES string of the molecule is O=C1NCC2(CC2)c2cc(F)c(Br)cc21. The highest BCUT2D eigenvalue weighted by molar-refractivity contribution is 9.10. The zero-order chi connectivity index (χ0) is 10.6. The van der Waals surface area contributed by atoms with Gasteiger partial charge in [-0.2, -0.15) is 0 Å². The molecule has 0 bridgehead atoms. The number of carbonyl (C=O) groups excluding carboxylic acids is 1. The fourth-order valence-electron chi connectivity index (χ4n) is 2.21. The van der Waals surface area contributed by atoms with Gasteiger partial charge in [0.1, 0.15) is 5.82 Å². The minimum absolute atomic E-state index is 0.0325. The molecule has 4 heteroatoms. The molecule has 1 aliphatic heterocycles. The molecule has 1 aromatic rings. The first kappa shape index (κ1) is 9.33. The Balaban J connectivity index is 2.24. The molecular formula is C11H9BrFNO. The highest BCUT2D eigenvalue weighted by Gasteiger charge is 2.49. The number of rotatable bonds is 0. The summed E-state index contributed by atoms with van der Waals surface area (Å²) in [7, 11) is 0. The third-order valence-electron chi connectivity index (χ3n) is 3.32. The van der Waals surface area contributed by atoms with Gasteiger partial charge in [0.15, 0.2) is 0 Å². The number of fused-ring (bicyclic) bond motifs is 2. The van der Waals surface area contributed by atoms with Crippen LogP contribution in [0.3, 0.4) is 0 Å². The van der Waals surface area contributed by atoms with Crippen LogP contribution in [-0.4, -0.2) is 12.5 Å². The molecule has 15 heavy (non-hydrogen) atoms. The lowest BCUT2D eigenvalue weighted by molar-refractivity contribution is 0.0937. The summed E-state index contributed by atoms with van der Waals surface area (Å²) in [5.74, 6) is -0.377. The monoisotopic (exact) mass is 269 g/mol. The minimum atomic E-state index is -0.283. The number of benzene rings is 1. The lowest BCUT2D eigenvalue weighted by Gasteiger charge is -2.25. The number of carbonyl (C=O) groups is 1. The Bertz CT molecular complexity index is 468. The molecule has 1 aliphatic carbocycles. The van der Waals surface area contributed by atoms with Crippen molar-refractivity contribution in [3.8, 4) is 0 Å². The third kappa shape index (κ3) is 1.24. The van der Waals surface area contributed by atoms with E-state index in [-0.39, 0.29) is 17.1 Å². The van der Waals surface area contributed by atoms with Crippen molar-refractivity contribution in [1.29, 1.82) is 0 Å². The van der Waals surface area contributed by atoms with E-state index in [1.807, 2.05) is 0 Å². The lowest BCUT2D eigenvalue weighted by Crippen LogP contribution is -2.39. The molecule has 0 atom stereocenters. The van der Waals surface area contributed by atoms with Gasteiger partial charge >= 0.3 is 0 Å². The normalized spacial score (nSPS) is 21.1. The Hall–Kier alpha value is -0.900. The molecule has 2 nitrogen and oxygen atoms in total. The van der Waals surface area contributed by atoms with E-state index in [0.29, 0.717) is 16.6 Å². The van der Waals surface area contributed by atoms with E-state index < -0.39 is 0 Å². The van der Waals surface area contributed by atoms with E-state index in [4.69, 9.17) is 0 Å². The first-order chi connectivity index (χ1) is 7.12. The van der Waals surface area contributed by atoms with Gasteiger partial charge in [-0.15, -0.1) is 0 Å². The molecule has 1 heterocycles. The number of nitrogens with one attached hydrogen (secondary N) is 1. The molecule has 1 amide bonds. The van der Waals surface area contributed by atoms with Crippen LogP contribution in [0.25, 0.3) is 0 Å². The molecular weight excluding hydrogens is 261 g/mol. The maximum atomic E-state index is 13.4. The van der Waals surface area contributed by atoms with Gasteiger partial charge in [0, 0.05) is 17.5 Å². The predicted molar refractivity (Wildman–Crippen MR) is 57.3 cm³/mol. The molecule has 1 saturated carbocycles. The van der Waals surface area contributed by atoms with Crippen molar-refractivity contribution in [2.45, 2.75) is 18.3 Å². The van der Waals surface area contributed by atoms with Crippen molar-refractivity contribution < 1.29 is 9.18 Å². The molecule has 0 saturated heterocycles. The highest BCUT2D eigenvalue weighted by atomic mass is 79.9. The van der Waals surface area contributed by atoms with Crippen molar-refractivity contribution in [3.63, 3.8) is 0 Å². The van der Waals surface area contributed by atoms with Crippen LogP contribution in [0.1, 0.15) is 28.8 Å². The summed E-state index contributed by atoms with van der Waals surface area (Å²) >= 11 is 3.10. The molecule has 78 valence electrons. The summed E-state index contributed by atoms with van der Waals surface area (Å²) in [6, 6.07) is 3.09. The van der Waals surface area contributed by atoms with E-state index in [1.165, 1.54) is 6.07 Å². The largest absolute Gasteiger partial charge is 0.351 e. The highest BCUT2D eigenvalue weighted by Crippen LogP contribution is 2.51. The summed E-state index contributed by atoms with van der Waals surface area (Å²) < 4.78 is 13.8. The Morgan fingerprint density at radius 3 is 2.80 bits per heavy atom. The van der Waals surface area contributed by atoms with Crippen LogP contribution in [0.2, 0.25) is 0 Å². The number of hydrogen-bond acceptors (Lipinski definition) is 1. The van der Waals surface area contributed by atoms with E-state index in [1.54, 1.807) is 6.07 Å². The van der Waals surface area contributed by atoms with E-state index in [9.17, 15) is 9.18 Å². The predicted octanol–water partition coefficient (Wildman–Crippen LogP) is 2.36. The minimum Gasteiger partial charge on any atom is -0.351 e. The van der Waals surface area contributed by atoms with E-state index in [2.05, 4.69) is 21.2 Å². The smallest absolute Gasteiger partial charge is 0.251 e. The van der Waals surface area contributed by atoms with Crippen LogP contribution < -0.4 is 5.32 Å². The third-order valence-corrected chi connectivity index (χ3v) is 3.93. The fourth-order valence-corrected chi connectivity index (χ4v) is 2.55. The van der Waals surface area contributed by atoms with Gasteiger partial charge < -0.3 is 5.32 Å². The molecule has 0 aromatic heterocycles. The Labute approximate surface area is 95.0 Å². The van der Waals surface area contributed by atoms with Crippen LogP contribution in [0, 0.1) is 5.82 Å². The number of amides is 1. The zero-order valence-electron chi connectivity index (χ0n) is 7.94. The Morgan fingerprint density at radius 2 is 2.13 bits per heavy atom. The Kier molecular flexibility index (Phi) is 1.75. The summed E-state index contributed by atoms with van der Waals surface area (Å²) in [6.45, 7) is 0.653. The van der Waals surface area contributed by atoms with Gasteiger partial charge in [-0.05, 0) is 46.5 Å². The first-order valence-electron chi connectivity index (χ1n) is 4.90. The topological polar surface area (TPSA) is 29.1 Å². The summed E-state index contributed by atoms with van der Waals surface area (Å²) in [6.07, 6.45) is 2.09. The summed E-state index contributed by atoms with van der Waals surface area (Å²) in [5.41, 5.74) is 1.53. The summed E-state index contributed by atoms with van der Waals surface area (Å²) in [4.78, 5) is 11.6. The van der Waals surface area contributed by atoms with Crippen molar-refractivity contribution in [2.24, 2.45) is 0 Å². The zero-order valence-corrected chi connectivity index (χ0v) is 9.53. The lowest BCUT2D eigenvalue weighted by atomic mass is 9.87. The second-order valence-corrected chi connectivity index (χ2v) is 5.13. The molecule has 1 spiro atoms.